The van der Waals surface area contributed by atoms with Crippen LogP contribution in [0.5, 0.6) is 0 Å². The first-order chi connectivity index (χ1) is 2.77. The predicted octanol–water partition coefficient (Wildman–Crippen LogP) is 1.07. The Kier molecular flexibility index (Phi) is 4.14. The van der Waals surface area contributed by atoms with Gasteiger partial charge in [-0.15, -0.1) is 0 Å². The van der Waals surface area contributed by atoms with Crippen molar-refractivity contribution in [3.05, 3.63) is 0 Å². The molecular formula is C2H5FOS2. The Bertz CT molecular complexity index is 32.7. The van der Waals surface area contributed by atoms with Crippen LogP contribution < -0.4 is 0 Å². The number of thiol groups is 2. The van der Waals surface area contributed by atoms with Crippen LogP contribution in [0.15, 0.2) is 0 Å². The summed E-state index contributed by atoms with van der Waals surface area (Å²) >= 11 is 7.35. The molecule has 0 rings (SSSR count). The molecule has 0 radical (unpaired) electrons. The summed E-state index contributed by atoms with van der Waals surface area (Å²) in [6.45, 7) is -0.0633. The molecule has 0 spiro atoms. The second-order valence-corrected chi connectivity index (χ2v) is 2.41. The monoisotopic (exact) mass is 128 g/mol. The van der Waals surface area contributed by atoms with Crippen molar-refractivity contribution in [2.24, 2.45) is 0 Å². The zero-order chi connectivity index (χ0) is 4.99. The molecule has 0 saturated heterocycles. The molecule has 1 nitrogen and oxygen atoms in total. The lowest BCUT2D eigenvalue weighted by Crippen LogP contribution is -1.94. The lowest BCUT2D eigenvalue weighted by atomic mass is 10.9. The van der Waals surface area contributed by atoms with Crippen molar-refractivity contribution in [2.75, 3.05) is 6.61 Å². The van der Waals surface area contributed by atoms with Gasteiger partial charge in [0.2, 0.25) is 0 Å². The highest BCUT2D eigenvalue weighted by molar-refractivity contribution is 7.99. The first-order valence-electron chi connectivity index (χ1n) is 1.37. The summed E-state index contributed by atoms with van der Waals surface area (Å²) in [7, 11) is 0. The van der Waals surface area contributed by atoms with Crippen molar-refractivity contribution in [3.63, 3.8) is 0 Å². The zero-order valence-corrected chi connectivity index (χ0v) is 4.75. The molecule has 0 heterocycles. The van der Waals surface area contributed by atoms with Gasteiger partial charge in [0.1, 0.15) is 6.61 Å². The van der Waals surface area contributed by atoms with Gasteiger partial charge in [-0.2, -0.15) is 30.2 Å². The summed E-state index contributed by atoms with van der Waals surface area (Å²) in [4.78, 5) is 3.15. The van der Waals surface area contributed by atoms with Gasteiger partial charge in [-0.05, 0) is 4.53 Å². The summed E-state index contributed by atoms with van der Waals surface area (Å²) in [6.07, 6.45) is 0. The van der Waals surface area contributed by atoms with E-state index in [-0.39, 0.29) is 11.2 Å². The van der Waals surface area contributed by atoms with Gasteiger partial charge in [-0.1, -0.05) is 0 Å². The quantitative estimate of drug-likeness (QED) is 0.418. The fraction of sp³-hybridized carbons (Fsp3) is 1.00. The van der Waals surface area contributed by atoms with Crippen molar-refractivity contribution < 1.29 is 9.47 Å². The summed E-state index contributed by atoms with van der Waals surface area (Å²) in [6, 6.07) is 0. The van der Waals surface area contributed by atoms with E-state index in [0.717, 1.165) is 0 Å². The Balaban J connectivity index is 2.63. The largest absolute Gasteiger partial charge is 0.192 e. The van der Waals surface area contributed by atoms with Crippen LogP contribution in [0.1, 0.15) is 0 Å². The van der Waals surface area contributed by atoms with E-state index in [2.05, 4.69) is 30.2 Å². The predicted molar refractivity (Wildman–Crippen MR) is 28.8 cm³/mol. The van der Waals surface area contributed by atoms with Crippen LogP contribution >= 0.6 is 25.3 Å². The van der Waals surface area contributed by atoms with Crippen molar-refractivity contribution >= 4 is 25.3 Å². The van der Waals surface area contributed by atoms with Gasteiger partial charge in [-0.3, -0.25) is 0 Å². The molecule has 0 saturated carbocycles. The summed E-state index contributed by atoms with van der Waals surface area (Å²) in [5.41, 5.74) is 0. The lowest BCUT2D eigenvalue weighted by Gasteiger charge is -1.91. The minimum atomic E-state index is -0.310. The number of hydrogen-bond donors (Lipinski definition) is 2. The third-order valence-corrected chi connectivity index (χ3v) is 0.510. The second-order valence-electron chi connectivity index (χ2n) is 0.756. The third kappa shape index (κ3) is 4.59. The molecule has 4 heteroatoms. The molecule has 0 aromatic heterocycles. The highest BCUT2D eigenvalue weighted by atomic mass is 32.2. The van der Waals surface area contributed by atoms with Crippen molar-refractivity contribution in [1.82, 2.24) is 0 Å². The van der Waals surface area contributed by atoms with Crippen LogP contribution in [0.25, 0.3) is 0 Å². The minimum Gasteiger partial charge on any atom is -0.192 e. The Morgan fingerprint density at radius 3 is 2.17 bits per heavy atom. The normalized spacial score (nSPS) is 10.0. The Morgan fingerprint density at radius 2 is 2.17 bits per heavy atom. The van der Waals surface area contributed by atoms with Crippen molar-refractivity contribution in [1.29, 1.82) is 0 Å². The molecule has 0 unspecified atom stereocenters. The summed E-state index contributed by atoms with van der Waals surface area (Å²) in [5.74, 6) is 0. The van der Waals surface area contributed by atoms with Gasteiger partial charge in [0.25, 0.3) is 0 Å². The van der Waals surface area contributed by atoms with Gasteiger partial charge in [0.05, 0.1) is 4.58 Å². The average molecular weight is 128 g/mol. The molecular weight excluding hydrogens is 123 g/mol. The fourth-order valence-corrected chi connectivity index (χ4v) is 0.169. The second kappa shape index (κ2) is 3.77. The van der Waals surface area contributed by atoms with E-state index in [9.17, 15) is 4.53 Å². The topological polar surface area (TPSA) is 9.23 Å². The smallest absolute Gasteiger partial charge is 0.108 e. The Labute approximate surface area is 46.6 Å². The van der Waals surface area contributed by atoms with E-state index >= 15 is 0 Å². The molecule has 0 N–H and O–H groups in total. The van der Waals surface area contributed by atoms with Crippen LogP contribution in [-0.4, -0.2) is 11.2 Å². The molecule has 0 aliphatic rings. The number of hydrogen-bond acceptors (Lipinski definition) is 3. The lowest BCUT2D eigenvalue weighted by molar-refractivity contribution is -0.126. The highest BCUT2D eigenvalue weighted by Crippen LogP contribution is 1.98. The Morgan fingerprint density at radius 1 is 1.67 bits per heavy atom. The standard InChI is InChI=1S/C2H5FOS2/c3-4-1-2(5)6/h2,5-6H,1H2. The molecule has 0 fully saturated rings. The maximum absolute atomic E-state index is 10.6. The van der Waals surface area contributed by atoms with Crippen molar-refractivity contribution in [2.45, 2.75) is 4.58 Å². The average Bonchev–Trinajstić information content (AvgIpc) is 1.35. The van der Waals surface area contributed by atoms with Crippen LogP contribution in [0, 0.1) is 0 Å². The van der Waals surface area contributed by atoms with Gasteiger partial charge < -0.3 is 0 Å². The number of halogens is 1. The van der Waals surface area contributed by atoms with Gasteiger partial charge in [0.15, 0.2) is 0 Å². The molecule has 0 aromatic rings. The molecule has 0 aliphatic heterocycles. The van der Waals surface area contributed by atoms with E-state index < -0.39 is 0 Å². The summed E-state index contributed by atoms with van der Waals surface area (Å²) < 4.78 is 10.3. The van der Waals surface area contributed by atoms with E-state index in [4.69, 9.17) is 0 Å². The van der Waals surface area contributed by atoms with Gasteiger partial charge in [-0.25, -0.2) is 0 Å². The van der Waals surface area contributed by atoms with E-state index in [1.54, 1.807) is 0 Å². The molecule has 6 heavy (non-hydrogen) atoms. The van der Waals surface area contributed by atoms with E-state index in [0.29, 0.717) is 0 Å². The molecule has 0 bridgehead atoms. The zero-order valence-electron chi connectivity index (χ0n) is 2.97. The maximum Gasteiger partial charge on any atom is 0.108 e. The van der Waals surface area contributed by atoms with Crippen molar-refractivity contribution in [3.8, 4) is 0 Å². The number of rotatable bonds is 2. The SMILES string of the molecule is FOCC(S)S. The third-order valence-electron chi connectivity index (χ3n) is 0.212. The first-order valence-corrected chi connectivity index (χ1v) is 2.40. The van der Waals surface area contributed by atoms with E-state index in [1.165, 1.54) is 0 Å². The minimum absolute atomic E-state index is 0.0633. The summed E-state index contributed by atoms with van der Waals surface area (Å²) in [5, 5.41) is 0. The highest BCUT2D eigenvalue weighted by Gasteiger charge is 1.90. The van der Waals surface area contributed by atoms with Crippen LogP contribution in [0.2, 0.25) is 0 Å². The molecule has 0 amide bonds. The maximum atomic E-state index is 10.6. The van der Waals surface area contributed by atoms with Crippen LogP contribution in [0.4, 0.5) is 4.53 Å². The molecule has 38 valence electrons. The molecule has 0 aromatic carbocycles. The van der Waals surface area contributed by atoms with Gasteiger partial charge >= 0.3 is 0 Å². The van der Waals surface area contributed by atoms with E-state index in [1.807, 2.05) is 0 Å². The molecule has 0 atom stereocenters. The fourth-order valence-electron chi connectivity index (χ4n) is 0.0563. The van der Waals surface area contributed by atoms with Gasteiger partial charge in [0, 0.05) is 0 Å². The van der Waals surface area contributed by atoms with Crippen LogP contribution in [0.3, 0.4) is 0 Å². The molecule has 0 aliphatic carbocycles. The Hall–Kier alpha value is 0.590. The van der Waals surface area contributed by atoms with Crippen LogP contribution in [-0.2, 0) is 4.94 Å². The first kappa shape index (κ1) is 6.59.